The molecule has 0 fully saturated rings. The second-order valence-electron chi connectivity index (χ2n) is 5.64. The van der Waals surface area contributed by atoms with E-state index in [1.807, 2.05) is 60.5 Å². The molecular weight excluding hydrogens is 322 g/mol. The Bertz CT molecular complexity index is 984. The van der Waals surface area contributed by atoms with Gasteiger partial charge in [0.1, 0.15) is 11.5 Å². The van der Waals surface area contributed by atoms with Gasteiger partial charge in [0.25, 0.3) is 0 Å². The number of fused-ring (bicyclic) bond motifs is 1. The van der Waals surface area contributed by atoms with Gasteiger partial charge in [0.05, 0.1) is 12.1 Å². The lowest BCUT2D eigenvalue weighted by Crippen LogP contribution is -2.09. The molecule has 0 aliphatic rings. The summed E-state index contributed by atoms with van der Waals surface area (Å²) >= 11 is 6.00. The standard InChI is InChI=1S/C18H16ClN5/c1-13-21-8-9-23(13)10-11-24-17-6-7-20-12-16(17)18(22-24)14-2-4-15(19)5-3-14/h2-9,12H,10-11H2,1H3. The van der Waals surface area contributed by atoms with Gasteiger partial charge in [-0.25, -0.2) is 4.98 Å². The summed E-state index contributed by atoms with van der Waals surface area (Å²) < 4.78 is 4.15. The molecule has 0 unspecified atom stereocenters. The zero-order valence-corrected chi connectivity index (χ0v) is 14.0. The van der Waals surface area contributed by atoms with E-state index in [4.69, 9.17) is 16.7 Å². The van der Waals surface area contributed by atoms with Crippen molar-refractivity contribution in [1.82, 2.24) is 24.3 Å². The average molecular weight is 338 g/mol. The van der Waals surface area contributed by atoms with Crippen LogP contribution in [0.1, 0.15) is 5.82 Å². The van der Waals surface area contributed by atoms with Gasteiger partial charge in [-0.1, -0.05) is 23.7 Å². The fourth-order valence-corrected chi connectivity index (χ4v) is 2.98. The van der Waals surface area contributed by atoms with Crippen molar-refractivity contribution >= 4 is 22.5 Å². The molecule has 0 amide bonds. The van der Waals surface area contributed by atoms with Gasteiger partial charge in [0.2, 0.25) is 0 Å². The van der Waals surface area contributed by atoms with Crippen LogP contribution in [0.2, 0.25) is 5.02 Å². The topological polar surface area (TPSA) is 48.5 Å². The number of aromatic nitrogens is 5. The summed E-state index contributed by atoms with van der Waals surface area (Å²) in [6.07, 6.45) is 7.47. The SMILES string of the molecule is Cc1nccn1CCn1nc(-c2ccc(Cl)cc2)c2cnccc21. The third-order valence-corrected chi connectivity index (χ3v) is 4.40. The molecule has 3 heterocycles. The van der Waals surface area contributed by atoms with Gasteiger partial charge in [0, 0.05) is 47.3 Å². The van der Waals surface area contributed by atoms with Crippen LogP contribution in [-0.4, -0.2) is 24.3 Å². The van der Waals surface area contributed by atoms with Crippen molar-refractivity contribution in [2.75, 3.05) is 0 Å². The number of hydrogen-bond acceptors (Lipinski definition) is 3. The third kappa shape index (κ3) is 2.67. The summed E-state index contributed by atoms with van der Waals surface area (Å²) in [6.45, 7) is 3.60. The normalized spacial score (nSPS) is 11.2. The van der Waals surface area contributed by atoms with Gasteiger partial charge < -0.3 is 4.57 Å². The monoisotopic (exact) mass is 337 g/mol. The Morgan fingerprint density at radius 1 is 1.04 bits per heavy atom. The van der Waals surface area contributed by atoms with Gasteiger partial charge in [-0.05, 0) is 25.1 Å². The van der Waals surface area contributed by atoms with Gasteiger partial charge >= 0.3 is 0 Å². The summed E-state index contributed by atoms with van der Waals surface area (Å²) in [4.78, 5) is 8.52. The molecule has 5 nitrogen and oxygen atoms in total. The van der Waals surface area contributed by atoms with Crippen molar-refractivity contribution < 1.29 is 0 Å². The Morgan fingerprint density at radius 3 is 2.62 bits per heavy atom. The van der Waals surface area contributed by atoms with Crippen molar-refractivity contribution in [3.63, 3.8) is 0 Å². The highest BCUT2D eigenvalue weighted by Gasteiger charge is 2.12. The Morgan fingerprint density at radius 2 is 1.88 bits per heavy atom. The van der Waals surface area contributed by atoms with Gasteiger partial charge in [-0.15, -0.1) is 0 Å². The van der Waals surface area contributed by atoms with E-state index >= 15 is 0 Å². The molecule has 120 valence electrons. The first-order valence-corrected chi connectivity index (χ1v) is 8.14. The smallest absolute Gasteiger partial charge is 0.105 e. The van der Waals surface area contributed by atoms with E-state index in [-0.39, 0.29) is 0 Å². The molecule has 3 aromatic heterocycles. The first kappa shape index (κ1) is 14.9. The van der Waals surface area contributed by atoms with E-state index in [9.17, 15) is 0 Å². The Hall–Kier alpha value is -2.66. The molecule has 0 bridgehead atoms. The van der Waals surface area contributed by atoms with Crippen molar-refractivity contribution in [3.8, 4) is 11.3 Å². The Balaban J connectivity index is 1.73. The van der Waals surface area contributed by atoms with Crippen LogP contribution < -0.4 is 0 Å². The minimum Gasteiger partial charge on any atom is -0.333 e. The first-order chi connectivity index (χ1) is 11.7. The average Bonchev–Trinajstić information content (AvgIpc) is 3.17. The van der Waals surface area contributed by atoms with Crippen molar-refractivity contribution in [2.24, 2.45) is 0 Å². The molecule has 0 N–H and O–H groups in total. The molecule has 0 atom stereocenters. The van der Waals surface area contributed by atoms with Gasteiger partial charge in [0.15, 0.2) is 0 Å². The van der Waals surface area contributed by atoms with Gasteiger partial charge in [-0.3, -0.25) is 9.67 Å². The van der Waals surface area contributed by atoms with Crippen LogP contribution >= 0.6 is 11.6 Å². The number of nitrogens with zero attached hydrogens (tertiary/aromatic N) is 5. The highest BCUT2D eigenvalue weighted by atomic mass is 35.5. The van der Waals surface area contributed by atoms with Crippen molar-refractivity contribution in [2.45, 2.75) is 20.0 Å². The maximum absolute atomic E-state index is 6.00. The molecule has 4 rings (SSSR count). The predicted octanol–water partition coefficient (Wildman–Crippen LogP) is 3.96. The molecule has 24 heavy (non-hydrogen) atoms. The molecule has 4 aromatic rings. The fraction of sp³-hybridized carbons (Fsp3) is 0.167. The molecule has 0 aliphatic heterocycles. The number of aryl methyl sites for hydroxylation is 3. The number of rotatable bonds is 4. The number of halogens is 1. The fourth-order valence-electron chi connectivity index (χ4n) is 2.86. The molecule has 0 radical (unpaired) electrons. The highest BCUT2D eigenvalue weighted by molar-refractivity contribution is 6.30. The van der Waals surface area contributed by atoms with Crippen LogP contribution in [0.4, 0.5) is 0 Å². The largest absolute Gasteiger partial charge is 0.333 e. The van der Waals surface area contributed by atoms with E-state index in [1.165, 1.54) is 0 Å². The quantitative estimate of drug-likeness (QED) is 0.566. The minimum absolute atomic E-state index is 0.719. The number of hydrogen-bond donors (Lipinski definition) is 0. The maximum atomic E-state index is 6.00. The highest BCUT2D eigenvalue weighted by Crippen LogP contribution is 2.28. The van der Waals surface area contributed by atoms with Gasteiger partial charge in [-0.2, -0.15) is 5.10 Å². The summed E-state index contributed by atoms with van der Waals surface area (Å²) in [6, 6.07) is 9.74. The summed E-state index contributed by atoms with van der Waals surface area (Å²) in [5.74, 6) is 1.01. The minimum atomic E-state index is 0.719. The maximum Gasteiger partial charge on any atom is 0.105 e. The molecule has 0 saturated carbocycles. The van der Waals surface area contributed by atoms with E-state index < -0.39 is 0 Å². The van der Waals surface area contributed by atoms with E-state index in [1.54, 1.807) is 6.20 Å². The second-order valence-corrected chi connectivity index (χ2v) is 6.08. The van der Waals surface area contributed by atoms with Crippen LogP contribution in [0.5, 0.6) is 0 Å². The lowest BCUT2D eigenvalue weighted by Gasteiger charge is -2.06. The van der Waals surface area contributed by atoms with E-state index in [2.05, 4.69) is 14.5 Å². The predicted molar refractivity (Wildman–Crippen MR) is 94.9 cm³/mol. The third-order valence-electron chi connectivity index (χ3n) is 4.15. The second kappa shape index (κ2) is 6.09. The van der Waals surface area contributed by atoms with Crippen LogP contribution in [0, 0.1) is 6.92 Å². The van der Waals surface area contributed by atoms with Crippen molar-refractivity contribution in [1.29, 1.82) is 0 Å². The van der Waals surface area contributed by atoms with Crippen LogP contribution in [0.25, 0.3) is 22.2 Å². The Labute approximate surface area is 144 Å². The lowest BCUT2D eigenvalue weighted by atomic mass is 10.1. The zero-order chi connectivity index (χ0) is 16.5. The van der Waals surface area contributed by atoms with E-state index in [0.717, 1.165) is 46.1 Å². The zero-order valence-electron chi connectivity index (χ0n) is 13.2. The van der Waals surface area contributed by atoms with Crippen LogP contribution in [-0.2, 0) is 13.1 Å². The Kier molecular flexibility index (Phi) is 3.78. The molecule has 6 heteroatoms. The molecule has 0 spiro atoms. The first-order valence-electron chi connectivity index (χ1n) is 7.76. The molecule has 1 aromatic carbocycles. The van der Waals surface area contributed by atoms with Crippen LogP contribution in [0.15, 0.2) is 55.1 Å². The summed E-state index contributed by atoms with van der Waals surface area (Å²) in [7, 11) is 0. The molecule has 0 saturated heterocycles. The summed E-state index contributed by atoms with van der Waals surface area (Å²) in [5, 5.41) is 6.58. The van der Waals surface area contributed by atoms with Crippen molar-refractivity contribution in [3.05, 3.63) is 66.0 Å². The number of imidazole rings is 1. The molecule has 0 aliphatic carbocycles. The van der Waals surface area contributed by atoms with Crippen LogP contribution in [0.3, 0.4) is 0 Å². The van der Waals surface area contributed by atoms with E-state index in [0.29, 0.717) is 0 Å². The number of benzene rings is 1. The molecular formula is C18H16ClN5. The summed E-state index contributed by atoms with van der Waals surface area (Å²) in [5.41, 5.74) is 3.04. The number of pyridine rings is 1. The lowest BCUT2D eigenvalue weighted by molar-refractivity contribution is 0.539.